The van der Waals surface area contributed by atoms with E-state index in [9.17, 15) is 4.79 Å². The van der Waals surface area contributed by atoms with E-state index in [1.54, 1.807) is 0 Å². The first-order chi connectivity index (χ1) is 6.74. The van der Waals surface area contributed by atoms with Crippen LogP contribution in [0.5, 0.6) is 0 Å². The molecular formula is C10H19NO3. The van der Waals surface area contributed by atoms with Crippen LogP contribution in [0, 0.1) is 0 Å². The van der Waals surface area contributed by atoms with E-state index in [2.05, 4.69) is 5.32 Å². The molecule has 0 spiro atoms. The fourth-order valence-corrected chi connectivity index (χ4v) is 1.59. The number of carbonyl (C=O) groups excluding carboxylic acids is 1. The molecule has 2 atom stereocenters. The van der Waals surface area contributed by atoms with E-state index in [1.165, 1.54) is 0 Å². The van der Waals surface area contributed by atoms with E-state index in [-0.39, 0.29) is 24.7 Å². The molecule has 82 valence electrons. The Morgan fingerprint density at radius 3 is 3.07 bits per heavy atom. The third kappa shape index (κ3) is 3.64. The molecule has 0 aromatic carbocycles. The predicted molar refractivity (Wildman–Crippen MR) is 52.9 cm³/mol. The predicted octanol–water partition coefficient (Wildman–Crippen LogP) is 0.443. The monoisotopic (exact) mass is 201 g/mol. The summed E-state index contributed by atoms with van der Waals surface area (Å²) < 4.78 is 5.26. The van der Waals surface area contributed by atoms with Crippen molar-refractivity contribution in [3.05, 3.63) is 0 Å². The summed E-state index contributed by atoms with van der Waals surface area (Å²) in [5, 5.41) is 11.5. The van der Waals surface area contributed by atoms with Crippen molar-refractivity contribution < 1.29 is 14.6 Å². The zero-order chi connectivity index (χ0) is 10.4. The van der Waals surface area contributed by atoms with Gasteiger partial charge in [0.05, 0.1) is 0 Å². The zero-order valence-electron chi connectivity index (χ0n) is 8.66. The normalized spacial score (nSPS) is 23.4. The molecule has 0 bridgehead atoms. The van der Waals surface area contributed by atoms with Crippen LogP contribution in [0.2, 0.25) is 0 Å². The highest BCUT2D eigenvalue weighted by Gasteiger charge is 2.24. The SMILES string of the molecule is CC(CCCO)NC(=O)[C@H]1CCCO1. The minimum atomic E-state index is -0.244. The molecule has 1 saturated heterocycles. The Labute approximate surface area is 84.6 Å². The molecule has 1 unspecified atom stereocenters. The van der Waals surface area contributed by atoms with E-state index in [1.807, 2.05) is 6.92 Å². The number of carbonyl (C=O) groups is 1. The van der Waals surface area contributed by atoms with Gasteiger partial charge in [0.15, 0.2) is 0 Å². The summed E-state index contributed by atoms with van der Waals surface area (Å²) in [5.74, 6) is -0.00654. The van der Waals surface area contributed by atoms with Gasteiger partial charge in [-0.05, 0) is 32.6 Å². The van der Waals surface area contributed by atoms with Crippen LogP contribution in [0.3, 0.4) is 0 Å². The molecule has 4 heteroatoms. The van der Waals surface area contributed by atoms with Gasteiger partial charge in [0.25, 0.3) is 0 Å². The Hall–Kier alpha value is -0.610. The van der Waals surface area contributed by atoms with Gasteiger partial charge in [-0.3, -0.25) is 4.79 Å². The van der Waals surface area contributed by atoms with Crippen LogP contribution >= 0.6 is 0 Å². The minimum absolute atomic E-state index is 0.00654. The second-order valence-corrected chi connectivity index (χ2v) is 3.78. The van der Waals surface area contributed by atoms with Gasteiger partial charge in [0.1, 0.15) is 6.10 Å². The maximum absolute atomic E-state index is 11.5. The lowest BCUT2D eigenvalue weighted by Gasteiger charge is -2.16. The van der Waals surface area contributed by atoms with Crippen molar-refractivity contribution in [2.75, 3.05) is 13.2 Å². The molecule has 2 N–H and O–H groups in total. The molecule has 0 aromatic rings. The molecule has 0 aromatic heterocycles. The van der Waals surface area contributed by atoms with Gasteiger partial charge in [0, 0.05) is 19.3 Å². The van der Waals surface area contributed by atoms with Crippen molar-refractivity contribution in [3.8, 4) is 0 Å². The molecule has 1 amide bonds. The number of amides is 1. The smallest absolute Gasteiger partial charge is 0.249 e. The van der Waals surface area contributed by atoms with Crippen LogP contribution < -0.4 is 5.32 Å². The summed E-state index contributed by atoms with van der Waals surface area (Å²) >= 11 is 0. The maximum Gasteiger partial charge on any atom is 0.249 e. The van der Waals surface area contributed by atoms with Crippen molar-refractivity contribution in [1.82, 2.24) is 5.32 Å². The standard InChI is InChI=1S/C10H19NO3/c1-8(4-2-6-12)11-10(13)9-5-3-7-14-9/h8-9,12H,2-7H2,1H3,(H,11,13)/t8?,9-/m1/s1. The minimum Gasteiger partial charge on any atom is -0.396 e. The van der Waals surface area contributed by atoms with E-state index in [4.69, 9.17) is 9.84 Å². The zero-order valence-corrected chi connectivity index (χ0v) is 8.66. The number of aliphatic hydroxyl groups is 1. The highest BCUT2D eigenvalue weighted by Crippen LogP contribution is 2.12. The van der Waals surface area contributed by atoms with E-state index in [0.29, 0.717) is 6.61 Å². The average molecular weight is 201 g/mol. The first-order valence-electron chi connectivity index (χ1n) is 5.27. The van der Waals surface area contributed by atoms with Gasteiger partial charge < -0.3 is 15.2 Å². The van der Waals surface area contributed by atoms with Gasteiger partial charge in [-0.25, -0.2) is 0 Å². The number of rotatable bonds is 5. The quantitative estimate of drug-likeness (QED) is 0.678. The molecule has 0 aliphatic carbocycles. The molecule has 1 rings (SSSR count). The lowest BCUT2D eigenvalue weighted by Crippen LogP contribution is -2.39. The van der Waals surface area contributed by atoms with E-state index >= 15 is 0 Å². The summed E-state index contributed by atoms with van der Waals surface area (Å²) in [7, 11) is 0. The van der Waals surface area contributed by atoms with Crippen molar-refractivity contribution in [1.29, 1.82) is 0 Å². The summed E-state index contributed by atoms with van der Waals surface area (Å²) in [6.07, 6.45) is 3.11. The Bertz CT molecular complexity index is 178. The topological polar surface area (TPSA) is 58.6 Å². The first-order valence-corrected chi connectivity index (χ1v) is 5.27. The van der Waals surface area contributed by atoms with Crippen LogP contribution in [0.4, 0.5) is 0 Å². The number of ether oxygens (including phenoxy) is 1. The summed E-state index contributed by atoms with van der Waals surface area (Å²) in [6.45, 7) is 2.83. The molecule has 1 fully saturated rings. The lowest BCUT2D eigenvalue weighted by molar-refractivity contribution is -0.130. The van der Waals surface area contributed by atoms with Crippen LogP contribution in [-0.4, -0.2) is 36.4 Å². The highest BCUT2D eigenvalue weighted by molar-refractivity contribution is 5.81. The van der Waals surface area contributed by atoms with Gasteiger partial charge in [-0.15, -0.1) is 0 Å². The third-order valence-electron chi connectivity index (χ3n) is 2.41. The van der Waals surface area contributed by atoms with Crippen LogP contribution in [-0.2, 0) is 9.53 Å². The number of nitrogens with one attached hydrogen (secondary N) is 1. The fourth-order valence-electron chi connectivity index (χ4n) is 1.59. The van der Waals surface area contributed by atoms with Crippen LogP contribution in [0.1, 0.15) is 32.6 Å². The molecule has 1 aliphatic heterocycles. The molecule has 1 heterocycles. The molecule has 0 radical (unpaired) electrons. The van der Waals surface area contributed by atoms with Gasteiger partial charge in [-0.1, -0.05) is 0 Å². The third-order valence-corrected chi connectivity index (χ3v) is 2.41. The summed E-state index contributed by atoms with van der Waals surface area (Å²) in [5.41, 5.74) is 0. The highest BCUT2D eigenvalue weighted by atomic mass is 16.5. The van der Waals surface area contributed by atoms with Crippen LogP contribution in [0.15, 0.2) is 0 Å². The lowest BCUT2D eigenvalue weighted by atomic mass is 10.1. The summed E-state index contributed by atoms with van der Waals surface area (Å²) in [4.78, 5) is 11.5. The van der Waals surface area contributed by atoms with E-state index < -0.39 is 0 Å². The Morgan fingerprint density at radius 1 is 1.71 bits per heavy atom. The largest absolute Gasteiger partial charge is 0.396 e. The average Bonchev–Trinajstić information content (AvgIpc) is 2.67. The van der Waals surface area contributed by atoms with E-state index in [0.717, 1.165) is 25.7 Å². The molecule has 0 saturated carbocycles. The second-order valence-electron chi connectivity index (χ2n) is 3.78. The molecular weight excluding hydrogens is 182 g/mol. The number of aliphatic hydroxyl groups excluding tert-OH is 1. The Kier molecular flexibility index (Phi) is 4.90. The fraction of sp³-hybridized carbons (Fsp3) is 0.900. The van der Waals surface area contributed by atoms with Gasteiger partial charge >= 0.3 is 0 Å². The van der Waals surface area contributed by atoms with Gasteiger partial charge in [0.2, 0.25) is 5.91 Å². The molecule has 14 heavy (non-hydrogen) atoms. The second kappa shape index (κ2) is 5.98. The number of hydrogen-bond donors (Lipinski definition) is 2. The van der Waals surface area contributed by atoms with Crippen LogP contribution in [0.25, 0.3) is 0 Å². The summed E-state index contributed by atoms with van der Waals surface area (Å²) in [6, 6.07) is 0.124. The van der Waals surface area contributed by atoms with Crippen molar-refractivity contribution in [2.45, 2.75) is 44.8 Å². The molecule has 4 nitrogen and oxygen atoms in total. The Balaban J connectivity index is 2.18. The Morgan fingerprint density at radius 2 is 2.50 bits per heavy atom. The molecule has 1 aliphatic rings. The van der Waals surface area contributed by atoms with Crippen molar-refractivity contribution in [2.24, 2.45) is 0 Å². The maximum atomic E-state index is 11.5. The van der Waals surface area contributed by atoms with Crippen molar-refractivity contribution in [3.63, 3.8) is 0 Å². The van der Waals surface area contributed by atoms with Gasteiger partial charge in [-0.2, -0.15) is 0 Å². The first kappa shape index (κ1) is 11.5. The van der Waals surface area contributed by atoms with Crippen molar-refractivity contribution >= 4 is 5.91 Å². The number of hydrogen-bond acceptors (Lipinski definition) is 3.